The Hall–Kier alpha value is -2.69. The molecule has 1 amide bonds. The van der Waals surface area contributed by atoms with E-state index in [4.69, 9.17) is 14.2 Å². The largest absolute Gasteiger partial charge is 0.481 e. The van der Waals surface area contributed by atoms with E-state index in [1.165, 1.54) is 5.56 Å². The fourth-order valence-electron chi connectivity index (χ4n) is 2.26. The van der Waals surface area contributed by atoms with Crippen molar-refractivity contribution < 1.29 is 19.0 Å². The highest BCUT2D eigenvalue weighted by molar-refractivity contribution is 5.94. The summed E-state index contributed by atoms with van der Waals surface area (Å²) in [5, 5.41) is 2.82. The van der Waals surface area contributed by atoms with Gasteiger partial charge in [0.1, 0.15) is 5.75 Å². The molecule has 1 unspecified atom stereocenters. The van der Waals surface area contributed by atoms with Crippen LogP contribution in [0.15, 0.2) is 36.4 Å². The molecule has 0 radical (unpaired) electrons. The van der Waals surface area contributed by atoms with E-state index >= 15 is 0 Å². The van der Waals surface area contributed by atoms with Crippen LogP contribution in [-0.4, -0.2) is 18.8 Å². The molecule has 1 aliphatic rings. The molecular weight excluding hydrogens is 294 g/mol. The number of rotatable bonds is 4. The number of aryl methyl sites for hydroxylation is 2. The van der Waals surface area contributed by atoms with Crippen LogP contribution in [0, 0.1) is 13.8 Å². The maximum Gasteiger partial charge on any atom is 0.265 e. The Balaban J connectivity index is 1.64. The molecule has 1 N–H and O–H groups in total. The van der Waals surface area contributed by atoms with Gasteiger partial charge in [0.05, 0.1) is 0 Å². The molecule has 0 aliphatic carbocycles. The second kappa shape index (κ2) is 6.20. The molecule has 5 nitrogen and oxygen atoms in total. The van der Waals surface area contributed by atoms with Gasteiger partial charge in [-0.1, -0.05) is 6.07 Å². The summed E-state index contributed by atoms with van der Waals surface area (Å²) in [6, 6.07) is 11.1. The van der Waals surface area contributed by atoms with Gasteiger partial charge in [-0.3, -0.25) is 4.79 Å². The molecule has 2 aromatic carbocycles. The van der Waals surface area contributed by atoms with Gasteiger partial charge in [0.25, 0.3) is 5.91 Å². The van der Waals surface area contributed by atoms with Crippen molar-refractivity contribution in [3.8, 4) is 17.2 Å². The lowest BCUT2D eigenvalue weighted by atomic mass is 10.1. The van der Waals surface area contributed by atoms with Crippen molar-refractivity contribution in [1.82, 2.24) is 0 Å². The summed E-state index contributed by atoms with van der Waals surface area (Å²) in [6.45, 7) is 5.98. The second-order valence-corrected chi connectivity index (χ2v) is 5.56. The number of nitrogens with one attached hydrogen (secondary N) is 1. The van der Waals surface area contributed by atoms with Crippen LogP contribution in [0.5, 0.6) is 17.2 Å². The lowest BCUT2D eigenvalue weighted by Crippen LogP contribution is -2.30. The molecule has 3 rings (SSSR count). The molecule has 0 spiro atoms. The molecule has 1 atom stereocenters. The Kier molecular flexibility index (Phi) is 4.10. The minimum Gasteiger partial charge on any atom is -0.481 e. The summed E-state index contributed by atoms with van der Waals surface area (Å²) in [5.41, 5.74) is 2.97. The van der Waals surface area contributed by atoms with Gasteiger partial charge >= 0.3 is 0 Å². The third kappa shape index (κ3) is 3.39. The van der Waals surface area contributed by atoms with Crippen molar-refractivity contribution in [3.63, 3.8) is 0 Å². The Labute approximate surface area is 135 Å². The Bertz CT molecular complexity index is 742. The van der Waals surface area contributed by atoms with Crippen molar-refractivity contribution in [3.05, 3.63) is 47.5 Å². The third-order valence-corrected chi connectivity index (χ3v) is 3.80. The Morgan fingerprint density at radius 3 is 2.65 bits per heavy atom. The first kappa shape index (κ1) is 15.2. The van der Waals surface area contributed by atoms with Gasteiger partial charge in [0.15, 0.2) is 17.6 Å². The number of carbonyl (C=O) groups excluding carboxylic acids is 1. The molecule has 120 valence electrons. The number of hydrogen-bond donors (Lipinski definition) is 1. The van der Waals surface area contributed by atoms with E-state index in [0.717, 1.165) is 5.56 Å². The third-order valence-electron chi connectivity index (χ3n) is 3.80. The zero-order chi connectivity index (χ0) is 16.4. The first-order chi connectivity index (χ1) is 11.0. The Morgan fingerprint density at radius 2 is 1.87 bits per heavy atom. The molecule has 23 heavy (non-hydrogen) atoms. The SMILES string of the molecule is Cc1ccc(OC(C)C(=O)Nc2ccc3c(c2)OCO3)cc1C. The van der Waals surface area contributed by atoms with Gasteiger partial charge < -0.3 is 19.5 Å². The lowest BCUT2D eigenvalue weighted by molar-refractivity contribution is -0.122. The van der Waals surface area contributed by atoms with Crippen LogP contribution >= 0.6 is 0 Å². The molecule has 0 saturated heterocycles. The Morgan fingerprint density at radius 1 is 1.09 bits per heavy atom. The number of amides is 1. The number of ether oxygens (including phenoxy) is 3. The number of hydrogen-bond acceptors (Lipinski definition) is 4. The van der Waals surface area contributed by atoms with Gasteiger partial charge in [-0.05, 0) is 56.2 Å². The van der Waals surface area contributed by atoms with Gasteiger partial charge in [-0.25, -0.2) is 0 Å². The highest BCUT2D eigenvalue weighted by Gasteiger charge is 2.18. The number of carbonyl (C=O) groups is 1. The van der Waals surface area contributed by atoms with Gasteiger partial charge in [-0.2, -0.15) is 0 Å². The molecule has 0 fully saturated rings. The highest BCUT2D eigenvalue weighted by atomic mass is 16.7. The zero-order valence-electron chi connectivity index (χ0n) is 13.4. The predicted molar refractivity (Wildman–Crippen MR) is 87.2 cm³/mol. The normalized spacial score (nSPS) is 13.5. The van der Waals surface area contributed by atoms with Crippen molar-refractivity contribution in [1.29, 1.82) is 0 Å². The summed E-state index contributed by atoms with van der Waals surface area (Å²) >= 11 is 0. The standard InChI is InChI=1S/C18H19NO4/c1-11-4-6-15(8-12(11)2)23-13(3)18(20)19-14-5-7-16-17(9-14)22-10-21-16/h4-9,13H,10H2,1-3H3,(H,19,20). The predicted octanol–water partition coefficient (Wildman–Crippen LogP) is 3.44. The molecule has 0 saturated carbocycles. The van der Waals surface area contributed by atoms with E-state index < -0.39 is 6.10 Å². The monoisotopic (exact) mass is 313 g/mol. The van der Waals surface area contributed by atoms with Crippen molar-refractivity contribution >= 4 is 11.6 Å². The van der Waals surface area contributed by atoms with E-state index in [1.807, 2.05) is 32.0 Å². The van der Waals surface area contributed by atoms with Crippen molar-refractivity contribution in [2.75, 3.05) is 12.1 Å². The van der Waals surface area contributed by atoms with Gasteiger partial charge in [-0.15, -0.1) is 0 Å². The molecule has 1 aliphatic heterocycles. The highest BCUT2D eigenvalue weighted by Crippen LogP contribution is 2.34. The summed E-state index contributed by atoms with van der Waals surface area (Å²) in [5.74, 6) is 1.77. The van der Waals surface area contributed by atoms with E-state index in [2.05, 4.69) is 5.32 Å². The fraction of sp³-hybridized carbons (Fsp3) is 0.278. The molecule has 1 heterocycles. The maximum atomic E-state index is 12.3. The summed E-state index contributed by atoms with van der Waals surface area (Å²) < 4.78 is 16.3. The van der Waals surface area contributed by atoms with Crippen molar-refractivity contribution in [2.24, 2.45) is 0 Å². The zero-order valence-corrected chi connectivity index (χ0v) is 13.4. The molecule has 0 aromatic heterocycles. The van der Waals surface area contributed by atoms with Crippen LogP contribution < -0.4 is 19.5 Å². The van der Waals surface area contributed by atoms with E-state index in [-0.39, 0.29) is 12.7 Å². The van der Waals surface area contributed by atoms with E-state index in [0.29, 0.717) is 22.9 Å². The van der Waals surface area contributed by atoms with Crippen molar-refractivity contribution in [2.45, 2.75) is 26.9 Å². The molecule has 2 aromatic rings. The molecule has 5 heteroatoms. The first-order valence-electron chi connectivity index (χ1n) is 7.47. The topological polar surface area (TPSA) is 56.8 Å². The quantitative estimate of drug-likeness (QED) is 0.939. The second-order valence-electron chi connectivity index (χ2n) is 5.56. The summed E-state index contributed by atoms with van der Waals surface area (Å²) in [4.78, 5) is 12.3. The van der Waals surface area contributed by atoms with Crippen LogP contribution in [0.1, 0.15) is 18.1 Å². The van der Waals surface area contributed by atoms with Gasteiger partial charge in [0.2, 0.25) is 6.79 Å². The lowest BCUT2D eigenvalue weighted by Gasteiger charge is -2.15. The average molecular weight is 313 g/mol. The average Bonchev–Trinajstić information content (AvgIpc) is 2.98. The fourth-order valence-corrected chi connectivity index (χ4v) is 2.26. The van der Waals surface area contributed by atoms with E-state index in [1.54, 1.807) is 25.1 Å². The molecule has 0 bridgehead atoms. The number of benzene rings is 2. The van der Waals surface area contributed by atoms with Crippen LogP contribution in [0.4, 0.5) is 5.69 Å². The number of anilines is 1. The smallest absolute Gasteiger partial charge is 0.265 e. The van der Waals surface area contributed by atoms with Crippen LogP contribution in [0.25, 0.3) is 0 Å². The minimum absolute atomic E-state index is 0.207. The molecular formula is C18H19NO4. The van der Waals surface area contributed by atoms with Gasteiger partial charge in [0, 0.05) is 11.8 Å². The maximum absolute atomic E-state index is 12.3. The summed E-state index contributed by atoms with van der Waals surface area (Å²) in [7, 11) is 0. The van der Waals surface area contributed by atoms with Crippen LogP contribution in [0.2, 0.25) is 0 Å². The number of fused-ring (bicyclic) bond motifs is 1. The first-order valence-corrected chi connectivity index (χ1v) is 7.47. The van der Waals surface area contributed by atoms with Crippen LogP contribution in [0.3, 0.4) is 0 Å². The van der Waals surface area contributed by atoms with E-state index in [9.17, 15) is 4.79 Å². The summed E-state index contributed by atoms with van der Waals surface area (Å²) in [6.07, 6.45) is -0.609. The minimum atomic E-state index is -0.609. The van der Waals surface area contributed by atoms with Crippen LogP contribution in [-0.2, 0) is 4.79 Å².